The summed E-state index contributed by atoms with van der Waals surface area (Å²) >= 11 is 2.79. The molecule has 1 N–H and O–H groups in total. The predicted molar refractivity (Wildman–Crippen MR) is 43.9 cm³/mol. The Labute approximate surface area is 84.7 Å². The fourth-order valence-electron chi connectivity index (χ4n) is 0.750. The number of carboxylic acids is 1. The standard InChI is InChI=1S/C7H3BrF3NO2/c8-3-1-2-4(7(9,10)11)12-5(3)6(13)14/h1-2H,(H,13,14). The summed E-state index contributed by atoms with van der Waals surface area (Å²) in [5.74, 6) is -1.51. The minimum atomic E-state index is -4.63. The molecule has 1 rings (SSSR count). The van der Waals surface area contributed by atoms with Crippen molar-refractivity contribution >= 4 is 21.9 Å². The summed E-state index contributed by atoms with van der Waals surface area (Å²) in [6, 6.07) is 1.70. The molecular weight excluding hydrogens is 267 g/mol. The Morgan fingerprint density at radius 1 is 1.43 bits per heavy atom. The third-order valence-corrected chi connectivity index (χ3v) is 1.98. The van der Waals surface area contributed by atoms with E-state index >= 15 is 0 Å². The summed E-state index contributed by atoms with van der Waals surface area (Å²) in [4.78, 5) is 13.4. The van der Waals surface area contributed by atoms with Gasteiger partial charge < -0.3 is 5.11 Å². The monoisotopic (exact) mass is 269 g/mol. The first-order valence-corrected chi connectivity index (χ1v) is 4.08. The van der Waals surface area contributed by atoms with Crippen LogP contribution in [0, 0.1) is 0 Å². The second-order valence-electron chi connectivity index (χ2n) is 2.33. The Kier molecular flexibility index (Phi) is 2.79. The minimum absolute atomic E-state index is 0.0120. The number of nitrogens with zero attached hydrogens (tertiary/aromatic N) is 1. The summed E-state index contributed by atoms with van der Waals surface area (Å²) in [5.41, 5.74) is -1.88. The van der Waals surface area contributed by atoms with Crippen molar-refractivity contribution in [1.82, 2.24) is 4.98 Å². The molecule has 0 saturated heterocycles. The van der Waals surface area contributed by atoms with Gasteiger partial charge in [0.15, 0.2) is 5.69 Å². The normalized spacial score (nSPS) is 11.4. The predicted octanol–water partition coefficient (Wildman–Crippen LogP) is 2.56. The SMILES string of the molecule is O=C(O)c1nc(C(F)(F)F)ccc1Br. The van der Waals surface area contributed by atoms with E-state index in [1.165, 1.54) is 0 Å². The lowest BCUT2D eigenvalue weighted by atomic mass is 10.3. The van der Waals surface area contributed by atoms with Crippen LogP contribution in [-0.2, 0) is 6.18 Å². The number of halogens is 4. The van der Waals surface area contributed by atoms with Gasteiger partial charge in [0.1, 0.15) is 5.69 Å². The largest absolute Gasteiger partial charge is 0.476 e. The number of carbonyl (C=O) groups is 1. The third kappa shape index (κ3) is 2.22. The highest BCUT2D eigenvalue weighted by atomic mass is 79.9. The molecule has 7 heteroatoms. The molecule has 0 aliphatic heterocycles. The molecule has 0 unspecified atom stereocenters. The van der Waals surface area contributed by atoms with E-state index in [4.69, 9.17) is 5.11 Å². The van der Waals surface area contributed by atoms with Gasteiger partial charge in [0, 0.05) is 0 Å². The van der Waals surface area contributed by atoms with Crippen LogP contribution in [0.25, 0.3) is 0 Å². The molecular formula is C7H3BrF3NO2. The molecule has 0 saturated carbocycles. The highest BCUT2D eigenvalue weighted by Gasteiger charge is 2.33. The van der Waals surface area contributed by atoms with E-state index < -0.39 is 23.5 Å². The zero-order chi connectivity index (χ0) is 10.9. The summed E-state index contributed by atoms with van der Waals surface area (Å²) < 4.78 is 36.3. The number of aromatic carboxylic acids is 1. The highest BCUT2D eigenvalue weighted by Crippen LogP contribution is 2.29. The van der Waals surface area contributed by atoms with Gasteiger partial charge in [-0.1, -0.05) is 0 Å². The van der Waals surface area contributed by atoms with Gasteiger partial charge in [-0.05, 0) is 28.1 Å². The Hall–Kier alpha value is -1.11. The molecule has 0 aliphatic carbocycles. The lowest BCUT2D eigenvalue weighted by Crippen LogP contribution is -2.12. The zero-order valence-corrected chi connectivity index (χ0v) is 8.06. The van der Waals surface area contributed by atoms with Crippen LogP contribution in [0.1, 0.15) is 16.2 Å². The van der Waals surface area contributed by atoms with Crippen molar-refractivity contribution in [3.8, 4) is 0 Å². The Morgan fingerprint density at radius 3 is 2.43 bits per heavy atom. The van der Waals surface area contributed by atoms with Gasteiger partial charge in [-0.3, -0.25) is 0 Å². The molecule has 0 fully saturated rings. The molecule has 0 amide bonds. The molecule has 0 bridgehead atoms. The van der Waals surface area contributed by atoms with E-state index in [0.29, 0.717) is 6.07 Å². The zero-order valence-electron chi connectivity index (χ0n) is 6.47. The first-order chi connectivity index (χ1) is 6.32. The van der Waals surface area contributed by atoms with E-state index in [9.17, 15) is 18.0 Å². The maximum Gasteiger partial charge on any atom is 0.433 e. The van der Waals surface area contributed by atoms with Crippen LogP contribution in [0.2, 0.25) is 0 Å². The average molecular weight is 270 g/mol. The summed E-state index contributed by atoms with van der Waals surface area (Å²) in [5, 5.41) is 8.50. The Morgan fingerprint density at radius 2 is 2.00 bits per heavy atom. The van der Waals surface area contributed by atoms with Gasteiger partial charge in [0.25, 0.3) is 0 Å². The maximum absolute atomic E-state index is 12.1. The molecule has 0 atom stereocenters. The van der Waals surface area contributed by atoms with E-state index in [-0.39, 0.29) is 4.47 Å². The fraction of sp³-hybridized carbons (Fsp3) is 0.143. The molecule has 76 valence electrons. The van der Waals surface area contributed by atoms with E-state index in [1.807, 2.05) is 0 Å². The van der Waals surface area contributed by atoms with E-state index in [2.05, 4.69) is 20.9 Å². The molecule has 3 nitrogen and oxygen atoms in total. The van der Waals surface area contributed by atoms with Gasteiger partial charge in [-0.25, -0.2) is 9.78 Å². The fourth-order valence-corrected chi connectivity index (χ4v) is 1.14. The second kappa shape index (κ2) is 3.56. The van der Waals surface area contributed by atoms with E-state index in [0.717, 1.165) is 6.07 Å². The molecule has 1 heterocycles. The number of rotatable bonds is 1. The number of alkyl halides is 3. The number of pyridine rings is 1. The molecule has 0 spiro atoms. The molecule has 0 radical (unpaired) electrons. The van der Waals surface area contributed by atoms with Crippen LogP contribution in [0.15, 0.2) is 16.6 Å². The molecule has 0 aromatic carbocycles. The molecule has 14 heavy (non-hydrogen) atoms. The Balaban J connectivity index is 3.27. The van der Waals surface area contributed by atoms with Crippen molar-refractivity contribution in [2.45, 2.75) is 6.18 Å². The number of carboxylic acid groups (broad SMARTS) is 1. The maximum atomic E-state index is 12.1. The van der Waals surface area contributed by atoms with Crippen LogP contribution in [0.3, 0.4) is 0 Å². The van der Waals surface area contributed by atoms with E-state index in [1.54, 1.807) is 0 Å². The number of hydrogen-bond donors (Lipinski definition) is 1. The minimum Gasteiger partial charge on any atom is -0.476 e. The van der Waals surface area contributed by atoms with Crippen molar-refractivity contribution in [2.75, 3.05) is 0 Å². The van der Waals surface area contributed by atoms with Crippen LogP contribution < -0.4 is 0 Å². The lowest BCUT2D eigenvalue weighted by molar-refractivity contribution is -0.141. The summed E-state index contributed by atoms with van der Waals surface area (Å²) in [6.45, 7) is 0. The van der Waals surface area contributed by atoms with Crippen molar-refractivity contribution in [3.05, 3.63) is 28.0 Å². The average Bonchev–Trinajstić information content (AvgIpc) is 2.02. The number of hydrogen-bond acceptors (Lipinski definition) is 2. The van der Waals surface area contributed by atoms with Crippen molar-refractivity contribution < 1.29 is 23.1 Å². The van der Waals surface area contributed by atoms with Crippen molar-refractivity contribution in [1.29, 1.82) is 0 Å². The summed E-state index contributed by atoms with van der Waals surface area (Å²) in [7, 11) is 0. The van der Waals surface area contributed by atoms with Crippen LogP contribution in [0.4, 0.5) is 13.2 Å². The van der Waals surface area contributed by atoms with Crippen molar-refractivity contribution in [2.24, 2.45) is 0 Å². The third-order valence-electron chi connectivity index (χ3n) is 1.34. The van der Waals surface area contributed by atoms with Crippen LogP contribution in [0.5, 0.6) is 0 Å². The quantitative estimate of drug-likeness (QED) is 0.853. The first-order valence-electron chi connectivity index (χ1n) is 3.29. The van der Waals surface area contributed by atoms with Gasteiger partial charge in [-0.2, -0.15) is 13.2 Å². The lowest BCUT2D eigenvalue weighted by Gasteiger charge is -2.06. The van der Waals surface area contributed by atoms with Crippen LogP contribution >= 0.6 is 15.9 Å². The second-order valence-corrected chi connectivity index (χ2v) is 3.18. The smallest absolute Gasteiger partial charge is 0.433 e. The van der Waals surface area contributed by atoms with Crippen LogP contribution in [-0.4, -0.2) is 16.1 Å². The topological polar surface area (TPSA) is 50.2 Å². The summed E-state index contributed by atoms with van der Waals surface area (Å²) in [6.07, 6.45) is -4.63. The Bertz CT molecular complexity index is 378. The number of aromatic nitrogens is 1. The van der Waals surface area contributed by atoms with Crippen molar-refractivity contribution in [3.63, 3.8) is 0 Å². The molecule has 1 aromatic heterocycles. The van der Waals surface area contributed by atoms with Gasteiger partial charge >= 0.3 is 12.1 Å². The van der Waals surface area contributed by atoms with Gasteiger partial charge in [0.05, 0.1) is 4.47 Å². The molecule has 0 aliphatic rings. The first kappa shape index (κ1) is 11.0. The van der Waals surface area contributed by atoms with Gasteiger partial charge in [-0.15, -0.1) is 0 Å². The highest BCUT2D eigenvalue weighted by molar-refractivity contribution is 9.10. The molecule has 1 aromatic rings. The van der Waals surface area contributed by atoms with Gasteiger partial charge in [0.2, 0.25) is 0 Å².